The second-order valence-electron chi connectivity index (χ2n) is 3.36. The highest BCUT2D eigenvalue weighted by Gasteiger charge is 2.01. The summed E-state index contributed by atoms with van der Waals surface area (Å²) in [6.45, 7) is 4.27. The molecule has 1 N–H and O–H groups in total. The highest BCUT2D eigenvalue weighted by molar-refractivity contribution is 7.16. The lowest BCUT2D eigenvalue weighted by Crippen LogP contribution is -1.87. The quantitative estimate of drug-likeness (QED) is 0.774. The van der Waals surface area contributed by atoms with Crippen molar-refractivity contribution in [3.8, 4) is 0 Å². The molecule has 0 amide bonds. The largest absolute Gasteiger partial charge is 0.347 e. The maximum absolute atomic E-state index is 3.41. The average molecular weight is 203 g/mol. The first kappa shape index (κ1) is 9.28. The monoisotopic (exact) mass is 203 g/mol. The minimum atomic E-state index is 1.15. The molecule has 0 bridgehead atoms. The van der Waals surface area contributed by atoms with Crippen LogP contribution in [-0.4, -0.2) is 0 Å². The third-order valence-corrected chi connectivity index (χ3v) is 3.14. The average Bonchev–Trinajstić information content (AvgIpc) is 2.47. The van der Waals surface area contributed by atoms with E-state index >= 15 is 0 Å². The van der Waals surface area contributed by atoms with Crippen LogP contribution in [-0.2, 0) is 0 Å². The van der Waals surface area contributed by atoms with Crippen LogP contribution in [0.25, 0.3) is 0 Å². The molecule has 1 heterocycles. The van der Waals surface area contributed by atoms with E-state index in [1.807, 2.05) is 18.2 Å². The summed E-state index contributed by atoms with van der Waals surface area (Å²) in [7, 11) is 0. The molecular formula is C12H13NS. The van der Waals surface area contributed by atoms with Gasteiger partial charge in [-0.3, -0.25) is 0 Å². The van der Waals surface area contributed by atoms with Gasteiger partial charge in [-0.2, -0.15) is 0 Å². The molecule has 1 aromatic heterocycles. The number of hydrogen-bond donors (Lipinski definition) is 1. The molecule has 0 saturated carbocycles. The summed E-state index contributed by atoms with van der Waals surface area (Å²) < 4.78 is 0. The molecule has 0 unspecified atom stereocenters. The van der Waals surface area contributed by atoms with Crippen molar-refractivity contribution in [2.45, 2.75) is 13.8 Å². The van der Waals surface area contributed by atoms with Gasteiger partial charge in [0.15, 0.2) is 0 Å². The minimum Gasteiger partial charge on any atom is -0.347 e. The van der Waals surface area contributed by atoms with Crippen molar-refractivity contribution in [1.82, 2.24) is 0 Å². The molecule has 0 atom stereocenters. The van der Waals surface area contributed by atoms with Crippen molar-refractivity contribution in [2.24, 2.45) is 0 Å². The first-order valence-corrected chi connectivity index (χ1v) is 5.46. The molecule has 0 aliphatic carbocycles. The number of anilines is 2. The van der Waals surface area contributed by atoms with E-state index in [-0.39, 0.29) is 0 Å². The second kappa shape index (κ2) is 3.84. The molecule has 1 aromatic carbocycles. The van der Waals surface area contributed by atoms with Crippen LogP contribution in [0.4, 0.5) is 10.7 Å². The van der Waals surface area contributed by atoms with E-state index in [1.54, 1.807) is 11.3 Å². The van der Waals surface area contributed by atoms with Crippen molar-refractivity contribution in [3.63, 3.8) is 0 Å². The number of thiophene rings is 1. The summed E-state index contributed by atoms with van der Waals surface area (Å²) >= 11 is 1.80. The number of benzene rings is 1. The number of hydrogen-bond acceptors (Lipinski definition) is 2. The lowest BCUT2D eigenvalue weighted by Gasteiger charge is -2.03. The predicted octanol–water partition coefficient (Wildman–Crippen LogP) is 4.11. The van der Waals surface area contributed by atoms with Gasteiger partial charge in [0, 0.05) is 10.6 Å². The van der Waals surface area contributed by atoms with Crippen molar-refractivity contribution in [2.75, 3.05) is 5.32 Å². The van der Waals surface area contributed by atoms with Crippen LogP contribution in [0.15, 0.2) is 36.4 Å². The van der Waals surface area contributed by atoms with E-state index in [4.69, 9.17) is 0 Å². The standard InChI is InChI=1S/C12H13NS/c1-9-8-10(2)14-12(9)13-11-6-4-3-5-7-11/h3-8,13H,1-2H3. The lowest BCUT2D eigenvalue weighted by atomic mass is 10.3. The van der Waals surface area contributed by atoms with E-state index < -0.39 is 0 Å². The summed E-state index contributed by atoms with van der Waals surface area (Å²) in [5.74, 6) is 0. The van der Waals surface area contributed by atoms with Crippen LogP contribution in [0.5, 0.6) is 0 Å². The first-order valence-electron chi connectivity index (χ1n) is 4.65. The zero-order valence-corrected chi connectivity index (χ0v) is 9.19. The van der Waals surface area contributed by atoms with E-state index in [2.05, 4.69) is 37.4 Å². The molecule has 0 saturated heterocycles. The Bertz CT molecular complexity index is 417. The summed E-state index contributed by atoms with van der Waals surface area (Å²) in [6, 6.07) is 12.5. The zero-order chi connectivity index (χ0) is 9.97. The third kappa shape index (κ3) is 1.96. The van der Waals surface area contributed by atoms with Gasteiger partial charge in [-0.05, 0) is 37.6 Å². The maximum atomic E-state index is 3.41. The highest BCUT2D eigenvalue weighted by atomic mass is 32.1. The first-order chi connectivity index (χ1) is 6.75. The van der Waals surface area contributed by atoms with Crippen LogP contribution in [0.1, 0.15) is 10.4 Å². The normalized spacial score (nSPS) is 10.1. The van der Waals surface area contributed by atoms with Crippen LogP contribution in [0.2, 0.25) is 0 Å². The van der Waals surface area contributed by atoms with Crippen molar-refractivity contribution < 1.29 is 0 Å². The Hall–Kier alpha value is -1.28. The molecule has 0 spiro atoms. The molecule has 2 rings (SSSR count). The summed E-state index contributed by atoms with van der Waals surface area (Å²) in [5, 5.41) is 4.66. The van der Waals surface area contributed by atoms with Crippen LogP contribution < -0.4 is 5.32 Å². The Kier molecular flexibility index (Phi) is 2.55. The third-order valence-electron chi connectivity index (χ3n) is 2.07. The van der Waals surface area contributed by atoms with Gasteiger partial charge in [-0.1, -0.05) is 18.2 Å². The molecule has 2 aromatic rings. The molecule has 14 heavy (non-hydrogen) atoms. The lowest BCUT2D eigenvalue weighted by molar-refractivity contribution is 1.48. The van der Waals surface area contributed by atoms with E-state index in [9.17, 15) is 0 Å². The van der Waals surface area contributed by atoms with Gasteiger partial charge in [0.2, 0.25) is 0 Å². The number of aryl methyl sites for hydroxylation is 2. The fourth-order valence-corrected chi connectivity index (χ4v) is 2.36. The van der Waals surface area contributed by atoms with Gasteiger partial charge in [0.1, 0.15) is 0 Å². The smallest absolute Gasteiger partial charge is 0.0959 e. The van der Waals surface area contributed by atoms with Gasteiger partial charge < -0.3 is 5.32 Å². The Morgan fingerprint density at radius 2 is 1.79 bits per heavy atom. The molecule has 0 fully saturated rings. The Morgan fingerprint density at radius 3 is 2.36 bits per heavy atom. The van der Waals surface area contributed by atoms with E-state index in [1.165, 1.54) is 15.4 Å². The maximum Gasteiger partial charge on any atom is 0.0959 e. The Morgan fingerprint density at radius 1 is 1.07 bits per heavy atom. The molecule has 2 heteroatoms. The number of rotatable bonds is 2. The molecule has 0 aliphatic rings. The fraction of sp³-hybridized carbons (Fsp3) is 0.167. The van der Waals surface area contributed by atoms with Gasteiger partial charge >= 0.3 is 0 Å². The van der Waals surface area contributed by atoms with Crippen molar-refractivity contribution in [3.05, 3.63) is 46.8 Å². The topological polar surface area (TPSA) is 12.0 Å². The SMILES string of the molecule is Cc1cc(C)c(Nc2ccccc2)s1. The van der Waals surface area contributed by atoms with Crippen molar-refractivity contribution in [1.29, 1.82) is 0 Å². The second-order valence-corrected chi connectivity index (χ2v) is 4.62. The van der Waals surface area contributed by atoms with Crippen LogP contribution in [0.3, 0.4) is 0 Å². The summed E-state index contributed by atoms with van der Waals surface area (Å²) in [6.07, 6.45) is 0. The number of para-hydroxylation sites is 1. The number of nitrogens with one attached hydrogen (secondary N) is 1. The minimum absolute atomic E-state index is 1.15. The van der Waals surface area contributed by atoms with E-state index in [0.717, 1.165) is 5.69 Å². The van der Waals surface area contributed by atoms with Crippen LogP contribution >= 0.6 is 11.3 Å². The Balaban J connectivity index is 2.23. The predicted molar refractivity (Wildman–Crippen MR) is 63.5 cm³/mol. The molecule has 1 nitrogen and oxygen atoms in total. The molecule has 0 radical (unpaired) electrons. The van der Waals surface area contributed by atoms with Gasteiger partial charge in [0.25, 0.3) is 0 Å². The van der Waals surface area contributed by atoms with Crippen LogP contribution in [0, 0.1) is 13.8 Å². The summed E-state index contributed by atoms with van der Waals surface area (Å²) in [5.41, 5.74) is 2.47. The fourth-order valence-electron chi connectivity index (χ4n) is 1.42. The van der Waals surface area contributed by atoms with Gasteiger partial charge in [0.05, 0.1) is 5.00 Å². The van der Waals surface area contributed by atoms with Gasteiger partial charge in [-0.15, -0.1) is 11.3 Å². The van der Waals surface area contributed by atoms with Crippen molar-refractivity contribution >= 4 is 22.0 Å². The van der Waals surface area contributed by atoms with E-state index in [0.29, 0.717) is 0 Å². The highest BCUT2D eigenvalue weighted by Crippen LogP contribution is 2.29. The molecular weight excluding hydrogens is 190 g/mol. The molecule has 72 valence electrons. The van der Waals surface area contributed by atoms with Gasteiger partial charge in [-0.25, -0.2) is 0 Å². The summed E-state index contributed by atoms with van der Waals surface area (Å²) in [4.78, 5) is 1.35. The zero-order valence-electron chi connectivity index (χ0n) is 8.37. The Labute approximate surface area is 88.4 Å². The molecule has 0 aliphatic heterocycles.